The standard InChI is InChI=1S/C22H20ClNO5S/c1-16-14-19(12-13-21(16)23)29-15-22(25)24(17-8-10-18(28-2)11-9-17)30(26,27)20-6-4-3-5-7-20/h3-14H,15H2,1-2H3. The van der Waals surface area contributed by atoms with Crippen molar-refractivity contribution >= 4 is 33.2 Å². The number of rotatable bonds is 7. The van der Waals surface area contributed by atoms with Gasteiger partial charge in [-0.3, -0.25) is 4.79 Å². The summed E-state index contributed by atoms with van der Waals surface area (Å²) in [6.45, 7) is 1.33. The van der Waals surface area contributed by atoms with Crippen LogP contribution in [-0.2, 0) is 14.8 Å². The Morgan fingerprint density at radius 3 is 2.20 bits per heavy atom. The first-order valence-corrected chi connectivity index (χ1v) is 10.8. The molecule has 0 saturated carbocycles. The van der Waals surface area contributed by atoms with Gasteiger partial charge in [-0.2, -0.15) is 4.31 Å². The number of benzene rings is 3. The van der Waals surface area contributed by atoms with Gasteiger partial charge in [0.15, 0.2) is 6.61 Å². The molecule has 0 atom stereocenters. The number of ether oxygens (including phenoxy) is 2. The molecule has 0 bridgehead atoms. The van der Waals surface area contributed by atoms with E-state index in [-0.39, 0.29) is 10.6 Å². The molecule has 30 heavy (non-hydrogen) atoms. The molecule has 3 aromatic rings. The van der Waals surface area contributed by atoms with E-state index in [4.69, 9.17) is 21.1 Å². The van der Waals surface area contributed by atoms with Gasteiger partial charge in [-0.05, 0) is 67.1 Å². The van der Waals surface area contributed by atoms with E-state index in [9.17, 15) is 13.2 Å². The van der Waals surface area contributed by atoms with Crippen LogP contribution in [0.4, 0.5) is 5.69 Å². The van der Waals surface area contributed by atoms with E-state index in [1.165, 1.54) is 31.4 Å². The Morgan fingerprint density at radius 1 is 0.967 bits per heavy atom. The molecule has 156 valence electrons. The Hall–Kier alpha value is -3.03. The van der Waals surface area contributed by atoms with Crippen LogP contribution >= 0.6 is 11.6 Å². The van der Waals surface area contributed by atoms with Gasteiger partial charge >= 0.3 is 0 Å². The zero-order chi connectivity index (χ0) is 21.7. The maximum absolute atomic E-state index is 13.2. The van der Waals surface area contributed by atoms with Crippen LogP contribution in [0.25, 0.3) is 0 Å². The van der Waals surface area contributed by atoms with Gasteiger partial charge in [0.2, 0.25) is 0 Å². The van der Waals surface area contributed by atoms with Crippen molar-refractivity contribution < 1.29 is 22.7 Å². The van der Waals surface area contributed by atoms with Gasteiger partial charge in [-0.25, -0.2) is 8.42 Å². The number of anilines is 1. The fourth-order valence-electron chi connectivity index (χ4n) is 2.74. The summed E-state index contributed by atoms with van der Waals surface area (Å²) in [6, 6.07) is 18.9. The van der Waals surface area contributed by atoms with Gasteiger partial charge in [0.1, 0.15) is 11.5 Å². The Kier molecular flexibility index (Phi) is 6.64. The molecule has 6 nitrogen and oxygen atoms in total. The molecule has 8 heteroatoms. The van der Waals surface area contributed by atoms with E-state index in [1.54, 1.807) is 55.5 Å². The molecule has 0 spiro atoms. The van der Waals surface area contributed by atoms with Crippen molar-refractivity contribution in [1.82, 2.24) is 0 Å². The molecule has 0 saturated heterocycles. The number of carbonyl (C=O) groups excluding carboxylic acids is 1. The van der Waals surface area contributed by atoms with Gasteiger partial charge in [0.05, 0.1) is 17.7 Å². The van der Waals surface area contributed by atoms with Crippen LogP contribution in [0.2, 0.25) is 5.02 Å². The lowest BCUT2D eigenvalue weighted by Crippen LogP contribution is -2.40. The molecule has 0 radical (unpaired) electrons. The van der Waals surface area contributed by atoms with Gasteiger partial charge < -0.3 is 9.47 Å². The average Bonchev–Trinajstić information content (AvgIpc) is 2.75. The number of methoxy groups -OCH3 is 1. The number of sulfonamides is 1. The fourth-order valence-corrected chi connectivity index (χ4v) is 4.29. The number of halogens is 1. The third-order valence-electron chi connectivity index (χ3n) is 4.31. The van der Waals surface area contributed by atoms with Crippen molar-refractivity contribution in [2.75, 3.05) is 18.0 Å². The lowest BCUT2D eigenvalue weighted by atomic mass is 10.2. The summed E-state index contributed by atoms with van der Waals surface area (Å²) in [7, 11) is -2.65. The lowest BCUT2D eigenvalue weighted by Gasteiger charge is -2.23. The summed E-state index contributed by atoms with van der Waals surface area (Å²) in [4.78, 5) is 13.0. The molecule has 3 rings (SSSR count). The van der Waals surface area contributed by atoms with Crippen LogP contribution in [0, 0.1) is 6.92 Å². The first-order chi connectivity index (χ1) is 14.3. The predicted molar refractivity (Wildman–Crippen MR) is 116 cm³/mol. The van der Waals surface area contributed by atoms with E-state index in [2.05, 4.69) is 0 Å². The minimum Gasteiger partial charge on any atom is -0.497 e. The summed E-state index contributed by atoms with van der Waals surface area (Å²) in [5.41, 5.74) is 0.964. The first-order valence-electron chi connectivity index (χ1n) is 8.99. The Balaban J connectivity index is 1.93. The monoisotopic (exact) mass is 445 g/mol. The van der Waals surface area contributed by atoms with Crippen LogP contribution in [-0.4, -0.2) is 28.0 Å². The second-order valence-corrected chi connectivity index (χ2v) is 8.57. The topological polar surface area (TPSA) is 72.9 Å². The largest absolute Gasteiger partial charge is 0.497 e. The minimum absolute atomic E-state index is 0.00324. The van der Waals surface area contributed by atoms with Crippen molar-refractivity contribution in [1.29, 1.82) is 0 Å². The Labute approximate surface area is 180 Å². The molecule has 0 heterocycles. The molecular weight excluding hydrogens is 426 g/mol. The van der Waals surface area contributed by atoms with Crippen LogP contribution in [0.15, 0.2) is 77.7 Å². The molecule has 0 aliphatic heterocycles. The SMILES string of the molecule is COc1ccc(N(C(=O)COc2ccc(Cl)c(C)c2)S(=O)(=O)c2ccccc2)cc1. The van der Waals surface area contributed by atoms with Crippen molar-refractivity contribution in [3.05, 3.63) is 83.4 Å². The summed E-state index contributed by atoms with van der Waals surface area (Å²) in [5, 5.41) is 0.570. The fraction of sp³-hybridized carbons (Fsp3) is 0.136. The van der Waals surface area contributed by atoms with Gasteiger partial charge in [-0.1, -0.05) is 29.8 Å². The molecule has 0 N–H and O–H groups in total. The van der Waals surface area contributed by atoms with Crippen molar-refractivity contribution in [3.8, 4) is 11.5 Å². The first kappa shape index (κ1) is 21.7. The zero-order valence-corrected chi connectivity index (χ0v) is 18.0. The quantitative estimate of drug-likeness (QED) is 0.537. The number of aryl methyl sites for hydroxylation is 1. The summed E-state index contributed by atoms with van der Waals surface area (Å²) in [6.07, 6.45) is 0. The maximum Gasteiger partial charge on any atom is 0.278 e. The number of nitrogens with zero attached hydrogens (tertiary/aromatic N) is 1. The smallest absolute Gasteiger partial charge is 0.278 e. The highest BCUT2D eigenvalue weighted by Crippen LogP contribution is 2.27. The van der Waals surface area contributed by atoms with E-state index in [1.807, 2.05) is 0 Å². The highest BCUT2D eigenvalue weighted by molar-refractivity contribution is 7.93. The van der Waals surface area contributed by atoms with Crippen molar-refractivity contribution in [3.63, 3.8) is 0 Å². The summed E-state index contributed by atoms with van der Waals surface area (Å²) < 4.78 is 37.9. The summed E-state index contributed by atoms with van der Waals surface area (Å²) >= 11 is 6.01. The maximum atomic E-state index is 13.2. The number of hydrogen-bond acceptors (Lipinski definition) is 5. The molecule has 0 aliphatic carbocycles. The average molecular weight is 446 g/mol. The van der Waals surface area contributed by atoms with Gasteiger partial charge in [0.25, 0.3) is 15.9 Å². The molecule has 3 aromatic carbocycles. The Morgan fingerprint density at radius 2 is 1.60 bits per heavy atom. The van der Waals surface area contributed by atoms with Gasteiger partial charge in [0, 0.05) is 5.02 Å². The minimum atomic E-state index is -4.15. The van der Waals surface area contributed by atoms with Crippen molar-refractivity contribution in [2.24, 2.45) is 0 Å². The van der Waals surface area contributed by atoms with E-state index in [0.29, 0.717) is 16.5 Å². The van der Waals surface area contributed by atoms with Crippen LogP contribution in [0.5, 0.6) is 11.5 Å². The molecule has 1 amide bonds. The second kappa shape index (κ2) is 9.19. The number of amides is 1. The third kappa shape index (κ3) is 4.75. The van der Waals surface area contributed by atoms with Crippen LogP contribution < -0.4 is 13.8 Å². The normalized spacial score (nSPS) is 11.0. The third-order valence-corrected chi connectivity index (χ3v) is 6.49. The zero-order valence-electron chi connectivity index (χ0n) is 16.4. The van der Waals surface area contributed by atoms with E-state index >= 15 is 0 Å². The predicted octanol–water partition coefficient (Wildman–Crippen LogP) is 4.46. The molecule has 0 fully saturated rings. The van der Waals surface area contributed by atoms with Crippen molar-refractivity contribution in [2.45, 2.75) is 11.8 Å². The number of hydrogen-bond donors (Lipinski definition) is 0. The summed E-state index contributed by atoms with van der Waals surface area (Å²) in [5.74, 6) is 0.213. The van der Waals surface area contributed by atoms with Crippen LogP contribution in [0.1, 0.15) is 5.56 Å². The molecule has 0 aliphatic rings. The van der Waals surface area contributed by atoms with E-state index in [0.717, 1.165) is 9.87 Å². The molecular formula is C22H20ClNO5S. The van der Waals surface area contributed by atoms with E-state index < -0.39 is 22.5 Å². The molecule has 0 aromatic heterocycles. The highest BCUT2D eigenvalue weighted by Gasteiger charge is 2.31. The Bertz CT molecular complexity index is 1130. The molecule has 0 unspecified atom stereocenters. The highest BCUT2D eigenvalue weighted by atomic mass is 35.5. The number of carbonyl (C=O) groups is 1. The van der Waals surface area contributed by atoms with Crippen LogP contribution in [0.3, 0.4) is 0 Å². The lowest BCUT2D eigenvalue weighted by molar-refractivity contribution is -0.119. The second-order valence-electron chi connectivity index (χ2n) is 6.37. The van der Waals surface area contributed by atoms with Gasteiger partial charge in [-0.15, -0.1) is 0 Å².